The summed E-state index contributed by atoms with van der Waals surface area (Å²) in [7, 11) is -1.74. The predicted octanol–water partition coefficient (Wildman–Crippen LogP) is 1.81. The molecule has 1 aromatic rings. The highest BCUT2D eigenvalue weighted by Gasteiger charge is 2.29. The first-order valence-electron chi connectivity index (χ1n) is 10.8. The summed E-state index contributed by atoms with van der Waals surface area (Å²) in [6.45, 7) is 5.10. The highest BCUT2D eigenvalue weighted by Crippen LogP contribution is 2.30. The molecule has 174 valence electrons. The topological polar surface area (TPSA) is 94.1 Å². The van der Waals surface area contributed by atoms with E-state index in [0.717, 1.165) is 56.1 Å². The average molecular weight is 564 g/mol. The molecule has 2 heterocycles. The molecule has 1 aromatic carbocycles. The van der Waals surface area contributed by atoms with Crippen molar-refractivity contribution in [2.75, 3.05) is 49.8 Å². The van der Waals surface area contributed by atoms with Crippen molar-refractivity contribution >= 4 is 51.6 Å². The number of guanidine groups is 1. The fourth-order valence-corrected chi connectivity index (χ4v) is 5.50. The number of fused-ring (bicyclic) bond motifs is 1. The van der Waals surface area contributed by atoms with Crippen LogP contribution in [0.4, 0.5) is 5.69 Å². The molecule has 0 spiro atoms. The maximum absolute atomic E-state index is 12.9. The van der Waals surface area contributed by atoms with Gasteiger partial charge in [-0.05, 0) is 43.7 Å². The van der Waals surface area contributed by atoms with Gasteiger partial charge >= 0.3 is 0 Å². The number of hydrogen-bond donors (Lipinski definition) is 2. The van der Waals surface area contributed by atoms with E-state index < -0.39 is 10.0 Å². The zero-order valence-electron chi connectivity index (χ0n) is 18.3. The van der Waals surface area contributed by atoms with Crippen LogP contribution in [0.15, 0.2) is 29.3 Å². The number of hydrogen-bond acceptors (Lipinski definition) is 4. The summed E-state index contributed by atoms with van der Waals surface area (Å²) in [5.41, 5.74) is 1.88. The van der Waals surface area contributed by atoms with Crippen LogP contribution in [0.1, 0.15) is 31.7 Å². The summed E-state index contributed by atoms with van der Waals surface area (Å²) in [5, 5.41) is 5.97. The Hall–Kier alpha value is -1.56. The number of anilines is 1. The Balaban J connectivity index is 0.00000341. The number of sulfonamides is 1. The van der Waals surface area contributed by atoms with Gasteiger partial charge in [-0.1, -0.05) is 18.2 Å². The number of para-hydroxylation sites is 1. The number of amides is 1. The maximum Gasteiger partial charge on any atom is 0.237 e. The van der Waals surface area contributed by atoms with Crippen LogP contribution in [0, 0.1) is 5.92 Å². The predicted molar refractivity (Wildman–Crippen MR) is 136 cm³/mol. The normalized spacial score (nSPS) is 17.2. The van der Waals surface area contributed by atoms with Gasteiger partial charge in [0.05, 0.1) is 18.0 Å². The minimum atomic E-state index is -3.40. The van der Waals surface area contributed by atoms with Crippen molar-refractivity contribution in [3.05, 3.63) is 29.8 Å². The molecule has 31 heavy (non-hydrogen) atoms. The summed E-state index contributed by atoms with van der Waals surface area (Å²) >= 11 is 0. The van der Waals surface area contributed by atoms with Crippen molar-refractivity contribution in [2.45, 2.75) is 32.6 Å². The number of rotatable bonds is 7. The molecule has 8 nitrogen and oxygen atoms in total. The van der Waals surface area contributed by atoms with Gasteiger partial charge in [-0.15, -0.1) is 24.0 Å². The summed E-state index contributed by atoms with van der Waals surface area (Å²) in [5.74, 6) is 1.22. The number of aliphatic imine (C=N–C) groups is 1. The lowest BCUT2D eigenvalue weighted by Gasteiger charge is -2.34. The standard InChI is InChI=1S/C21H33N5O3S.HI/c1-3-23-21(25-12-8-17(9-13-25)16-20(27)22-2)24-11-15-30(28,29)26-14-10-18-6-4-5-7-19(18)26;/h4-7,17H,3,8-16H2,1-2H3,(H,22,27)(H,23,24);1H. The Labute approximate surface area is 202 Å². The van der Waals surface area contributed by atoms with Crippen LogP contribution in [0.2, 0.25) is 0 Å². The van der Waals surface area contributed by atoms with E-state index in [4.69, 9.17) is 0 Å². The summed E-state index contributed by atoms with van der Waals surface area (Å²) in [4.78, 5) is 18.4. The zero-order chi connectivity index (χ0) is 21.6. The molecule has 2 aliphatic heterocycles. The highest BCUT2D eigenvalue weighted by atomic mass is 127. The minimum Gasteiger partial charge on any atom is -0.359 e. The van der Waals surface area contributed by atoms with E-state index in [1.54, 1.807) is 7.05 Å². The van der Waals surface area contributed by atoms with Gasteiger partial charge in [0, 0.05) is 39.6 Å². The molecule has 1 amide bonds. The molecule has 0 bridgehead atoms. The number of benzene rings is 1. The minimum absolute atomic E-state index is 0. The number of carbonyl (C=O) groups excluding carboxylic acids is 1. The fourth-order valence-electron chi connectivity index (χ4n) is 4.11. The zero-order valence-corrected chi connectivity index (χ0v) is 21.5. The Morgan fingerprint density at radius 2 is 1.90 bits per heavy atom. The third-order valence-electron chi connectivity index (χ3n) is 5.79. The van der Waals surface area contributed by atoms with Gasteiger partial charge in [-0.2, -0.15) is 0 Å². The van der Waals surface area contributed by atoms with Crippen molar-refractivity contribution in [3.63, 3.8) is 0 Å². The number of nitrogens with zero attached hydrogens (tertiary/aromatic N) is 3. The molecule has 2 N–H and O–H groups in total. The van der Waals surface area contributed by atoms with Crippen LogP contribution in [-0.4, -0.2) is 70.7 Å². The largest absolute Gasteiger partial charge is 0.359 e. The van der Waals surface area contributed by atoms with Crippen molar-refractivity contribution in [2.24, 2.45) is 10.9 Å². The van der Waals surface area contributed by atoms with Crippen LogP contribution in [0.3, 0.4) is 0 Å². The monoisotopic (exact) mass is 563 g/mol. The van der Waals surface area contributed by atoms with Gasteiger partial charge < -0.3 is 15.5 Å². The maximum atomic E-state index is 12.9. The lowest BCUT2D eigenvalue weighted by Crippen LogP contribution is -2.46. The van der Waals surface area contributed by atoms with Gasteiger partial charge in [0.2, 0.25) is 15.9 Å². The Morgan fingerprint density at radius 1 is 1.19 bits per heavy atom. The molecular formula is C21H34IN5O3S. The summed E-state index contributed by atoms with van der Waals surface area (Å²) in [6.07, 6.45) is 3.18. The van der Waals surface area contributed by atoms with Gasteiger partial charge in [-0.3, -0.25) is 14.1 Å². The van der Waals surface area contributed by atoms with Crippen LogP contribution in [0.5, 0.6) is 0 Å². The second-order valence-electron chi connectivity index (χ2n) is 7.81. The Morgan fingerprint density at radius 3 is 2.58 bits per heavy atom. The van der Waals surface area contributed by atoms with E-state index in [-0.39, 0.29) is 42.2 Å². The lowest BCUT2D eigenvalue weighted by atomic mass is 9.93. The van der Waals surface area contributed by atoms with Crippen LogP contribution in [0.25, 0.3) is 0 Å². The summed E-state index contributed by atoms with van der Waals surface area (Å²) < 4.78 is 27.3. The Bertz CT molecular complexity index is 870. The molecule has 0 aliphatic carbocycles. The molecule has 0 radical (unpaired) electrons. The third-order valence-corrected chi connectivity index (χ3v) is 7.54. The molecule has 0 unspecified atom stereocenters. The van der Waals surface area contributed by atoms with Crippen LogP contribution in [-0.2, 0) is 21.2 Å². The lowest BCUT2D eigenvalue weighted by molar-refractivity contribution is -0.121. The van der Waals surface area contributed by atoms with Gasteiger partial charge in [0.1, 0.15) is 0 Å². The van der Waals surface area contributed by atoms with E-state index in [1.807, 2.05) is 31.2 Å². The molecule has 1 fully saturated rings. The highest BCUT2D eigenvalue weighted by molar-refractivity contribution is 14.0. The molecule has 10 heteroatoms. The van der Waals surface area contributed by atoms with E-state index in [0.29, 0.717) is 18.9 Å². The van der Waals surface area contributed by atoms with E-state index in [2.05, 4.69) is 20.5 Å². The second-order valence-corrected chi connectivity index (χ2v) is 9.82. The van der Waals surface area contributed by atoms with Crippen LogP contribution < -0.4 is 14.9 Å². The Kier molecular flexibility index (Phi) is 9.86. The molecule has 0 aromatic heterocycles. The van der Waals surface area contributed by atoms with Gasteiger partial charge in [-0.25, -0.2) is 8.42 Å². The SMILES string of the molecule is CCNC(=NCCS(=O)(=O)N1CCc2ccccc21)N1CCC(CC(=O)NC)CC1.I. The van der Waals surface area contributed by atoms with E-state index in [9.17, 15) is 13.2 Å². The molecule has 1 saturated heterocycles. The first kappa shape index (κ1) is 25.7. The second kappa shape index (κ2) is 11.9. The van der Waals surface area contributed by atoms with Crippen LogP contribution >= 0.6 is 24.0 Å². The molecule has 2 aliphatic rings. The molecule has 0 saturated carbocycles. The van der Waals surface area contributed by atoms with Crippen molar-refractivity contribution in [3.8, 4) is 0 Å². The number of likely N-dealkylation sites (tertiary alicyclic amines) is 1. The molecular weight excluding hydrogens is 529 g/mol. The molecule has 3 rings (SSSR count). The van der Waals surface area contributed by atoms with Gasteiger partial charge in [0.25, 0.3) is 0 Å². The van der Waals surface area contributed by atoms with Crippen molar-refractivity contribution in [1.82, 2.24) is 15.5 Å². The fraction of sp³-hybridized carbons (Fsp3) is 0.619. The number of carbonyl (C=O) groups is 1. The van der Waals surface area contributed by atoms with Crippen molar-refractivity contribution in [1.29, 1.82) is 0 Å². The number of nitrogens with one attached hydrogen (secondary N) is 2. The van der Waals surface area contributed by atoms with Crippen molar-refractivity contribution < 1.29 is 13.2 Å². The molecule has 0 atom stereocenters. The first-order valence-corrected chi connectivity index (χ1v) is 12.4. The third kappa shape index (κ3) is 6.71. The average Bonchev–Trinajstić information content (AvgIpc) is 3.19. The van der Waals surface area contributed by atoms with E-state index >= 15 is 0 Å². The number of piperidine rings is 1. The summed E-state index contributed by atoms with van der Waals surface area (Å²) in [6, 6.07) is 7.68. The van der Waals surface area contributed by atoms with Gasteiger partial charge in [0.15, 0.2) is 5.96 Å². The first-order chi connectivity index (χ1) is 14.4. The smallest absolute Gasteiger partial charge is 0.237 e. The quantitative estimate of drug-likeness (QED) is 0.300. The number of halogens is 1. The van der Waals surface area contributed by atoms with E-state index in [1.165, 1.54) is 4.31 Å².